The van der Waals surface area contributed by atoms with Gasteiger partial charge in [0.2, 0.25) is 5.78 Å². The molecular weight excluding hydrogens is 466 g/mol. The summed E-state index contributed by atoms with van der Waals surface area (Å²) in [6, 6.07) is 15.0. The van der Waals surface area contributed by atoms with E-state index in [0.29, 0.717) is 16.8 Å². The Hall–Kier alpha value is -3.72. The predicted molar refractivity (Wildman–Crippen MR) is 130 cm³/mol. The molecule has 2 heterocycles. The fraction of sp³-hybridized carbons (Fsp3) is 0.269. The monoisotopic (exact) mass is 491 g/mol. The molecule has 3 aromatic rings. The molecule has 0 radical (unpaired) electrons. The molecule has 35 heavy (non-hydrogen) atoms. The zero-order valence-electron chi connectivity index (χ0n) is 19.8. The third-order valence-corrected chi connectivity index (χ3v) is 7.26. The van der Waals surface area contributed by atoms with E-state index in [1.165, 1.54) is 29.2 Å². The molecule has 0 aliphatic carbocycles. The summed E-state index contributed by atoms with van der Waals surface area (Å²) in [5.74, 6) is -3.11. The lowest BCUT2D eigenvalue weighted by Crippen LogP contribution is -2.31. The van der Waals surface area contributed by atoms with Crippen LogP contribution in [-0.2, 0) is 19.4 Å². The molecule has 180 valence electrons. The fourth-order valence-corrected chi connectivity index (χ4v) is 4.80. The van der Waals surface area contributed by atoms with Gasteiger partial charge in [0.05, 0.1) is 16.6 Å². The van der Waals surface area contributed by atoms with E-state index in [1.54, 1.807) is 31.2 Å². The molecule has 1 saturated heterocycles. The van der Waals surface area contributed by atoms with Crippen molar-refractivity contribution in [3.8, 4) is 0 Å². The number of nitrogens with zero attached hydrogens (tertiary/aromatic N) is 3. The van der Waals surface area contributed by atoms with E-state index in [-0.39, 0.29) is 16.6 Å². The van der Waals surface area contributed by atoms with E-state index in [4.69, 9.17) is 0 Å². The topological polar surface area (TPSA) is 114 Å². The van der Waals surface area contributed by atoms with E-state index < -0.39 is 39.3 Å². The van der Waals surface area contributed by atoms with Crippen molar-refractivity contribution in [2.24, 2.45) is 5.92 Å². The molecule has 0 saturated carbocycles. The number of amides is 1. The smallest absolute Gasteiger partial charge is 0.293 e. The lowest BCUT2D eigenvalue weighted by Gasteiger charge is -2.26. The summed E-state index contributed by atoms with van der Waals surface area (Å²) in [4.78, 5) is 41.2. The minimum atomic E-state index is -3.46. The molecule has 1 amide bonds. The Morgan fingerprint density at radius 3 is 2.06 bits per heavy atom. The van der Waals surface area contributed by atoms with Gasteiger partial charge in [-0.2, -0.15) is 5.10 Å². The molecular formula is C26H25N3O5S. The van der Waals surface area contributed by atoms with Gasteiger partial charge >= 0.3 is 0 Å². The Bertz CT molecular complexity index is 1400. The molecule has 0 spiro atoms. The van der Waals surface area contributed by atoms with Crippen LogP contribution >= 0.6 is 0 Å². The third-order valence-electron chi connectivity index (χ3n) is 6.13. The van der Waals surface area contributed by atoms with Crippen LogP contribution in [0.5, 0.6) is 0 Å². The molecule has 2 atom stereocenters. The van der Waals surface area contributed by atoms with Crippen LogP contribution in [0.3, 0.4) is 0 Å². The lowest BCUT2D eigenvalue weighted by atomic mass is 9.86. The van der Waals surface area contributed by atoms with E-state index in [1.807, 2.05) is 26.0 Å². The number of carbonyl (C=O) groups excluding carboxylic acids is 3. The van der Waals surface area contributed by atoms with Gasteiger partial charge in [0, 0.05) is 11.8 Å². The van der Waals surface area contributed by atoms with Gasteiger partial charge in [0.1, 0.15) is 5.92 Å². The summed E-state index contributed by atoms with van der Waals surface area (Å²) in [7, 11) is -3.46. The number of Topliss-reactive ketones (excluding diaryl/α,β-unsaturated/α-hetero) is 2. The zero-order chi connectivity index (χ0) is 25.5. The van der Waals surface area contributed by atoms with E-state index in [0.717, 1.165) is 11.8 Å². The van der Waals surface area contributed by atoms with Crippen LogP contribution in [0.15, 0.2) is 65.6 Å². The van der Waals surface area contributed by atoms with Crippen molar-refractivity contribution in [3.63, 3.8) is 0 Å². The molecule has 9 heteroatoms. The second kappa shape index (κ2) is 9.14. The van der Waals surface area contributed by atoms with Crippen LogP contribution in [0, 0.1) is 12.8 Å². The number of carbonyl (C=O) groups is 3. The first kappa shape index (κ1) is 24.4. The first-order valence-corrected chi connectivity index (χ1v) is 13.0. The van der Waals surface area contributed by atoms with Gasteiger partial charge in [-0.15, -0.1) is 5.10 Å². The van der Waals surface area contributed by atoms with Crippen molar-refractivity contribution in [2.45, 2.75) is 37.6 Å². The number of aryl methyl sites for hydroxylation is 1. The first-order valence-electron chi connectivity index (χ1n) is 11.1. The molecule has 1 aromatic heterocycles. The highest BCUT2D eigenvalue weighted by Crippen LogP contribution is 2.40. The maximum Gasteiger partial charge on any atom is 0.297 e. The number of benzene rings is 2. The summed E-state index contributed by atoms with van der Waals surface area (Å²) in [6.07, 6.45) is 1.09. The van der Waals surface area contributed by atoms with Crippen molar-refractivity contribution in [1.82, 2.24) is 10.2 Å². The summed E-state index contributed by atoms with van der Waals surface area (Å²) < 4.78 is 23.9. The number of hydrogen-bond acceptors (Lipinski definition) is 7. The molecule has 1 aliphatic rings. The minimum absolute atomic E-state index is 0.0886. The number of hydrogen-bond donors (Lipinski definition) is 0. The van der Waals surface area contributed by atoms with Gasteiger partial charge < -0.3 is 0 Å². The van der Waals surface area contributed by atoms with Crippen LogP contribution in [0.2, 0.25) is 0 Å². The van der Waals surface area contributed by atoms with E-state index in [9.17, 15) is 22.8 Å². The summed E-state index contributed by atoms with van der Waals surface area (Å²) in [6.45, 7) is 5.81. The van der Waals surface area contributed by atoms with Crippen molar-refractivity contribution >= 4 is 33.1 Å². The Labute approximate surface area is 203 Å². The number of ketones is 2. The summed E-state index contributed by atoms with van der Waals surface area (Å²) in [5, 5.41) is 8.06. The Morgan fingerprint density at radius 1 is 0.914 bits per heavy atom. The van der Waals surface area contributed by atoms with Crippen LogP contribution in [-0.4, -0.2) is 42.3 Å². The predicted octanol–water partition coefficient (Wildman–Crippen LogP) is 3.47. The number of anilines is 1. The van der Waals surface area contributed by atoms with Gasteiger partial charge in [-0.05, 0) is 48.2 Å². The standard InChI is InChI=1S/C26H25N3O5S/c1-15(2)17-6-8-19(9-7-17)24(30)22-23(18-10-12-20(13-11-18)35(4,33)34)29(26(32)25(22)31)21-14-5-16(3)27-28-21/h5-15,22-23H,1-4H3. The molecule has 4 rings (SSSR count). The SMILES string of the molecule is Cc1ccc(N2C(=O)C(=O)C(C(=O)c3ccc(C(C)C)cc3)C2c2ccc(S(C)(=O)=O)cc2)nn1. The second-order valence-corrected chi connectivity index (χ2v) is 11.0. The maximum absolute atomic E-state index is 13.6. The number of sulfone groups is 1. The van der Waals surface area contributed by atoms with Crippen LogP contribution in [0.1, 0.15) is 53.0 Å². The van der Waals surface area contributed by atoms with Gasteiger partial charge in [0.15, 0.2) is 21.4 Å². The van der Waals surface area contributed by atoms with Gasteiger partial charge in [0.25, 0.3) is 5.91 Å². The quantitative estimate of drug-likeness (QED) is 0.295. The molecule has 2 aromatic carbocycles. The molecule has 0 bridgehead atoms. The summed E-state index contributed by atoms with van der Waals surface area (Å²) in [5.41, 5.74) is 2.42. The Balaban J connectivity index is 1.83. The van der Waals surface area contributed by atoms with E-state index >= 15 is 0 Å². The van der Waals surface area contributed by atoms with Crippen molar-refractivity contribution in [2.75, 3.05) is 11.2 Å². The average molecular weight is 492 g/mol. The fourth-order valence-electron chi connectivity index (χ4n) is 4.17. The molecule has 2 unspecified atom stereocenters. The molecule has 1 aliphatic heterocycles. The Morgan fingerprint density at radius 2 is 1.54 bits per heavy atom. The van der Waals surface area contributed by atoms with E-state index in [2.05, 4.69) is 10.2 Å². The number of rotatable bonds is 6. The zero-order valence-corrected chi connectivity index (χ0v) is 20.6. The van der Waals surface area contributed by atoms with Gasteiger partial charge in [-0.25, -0.2) is 8.42 Å². The van der Waals surface area contributed by atoms with Crippen LogP contribution in [0.4, 0.5) is 5.82 Å². The largest absolute Gasteiger partial charge is 0.297 e. The molecule has 0 N–H and O–H groups in total. The van der Waals surface area contributed by atoms with Crippen LogP contribution in [0.25, 0.3) is 0 Å². The summed E-state index contributed by atoms with van der Waals surface area (Å²) >= 11 is 0. The average Bonchev–Trinajstić information content (AvgIpc) is 3.09. The van der Waals surface area contributed by atoms with Gasteiger partial charge in [-0.3, -0.25) is 19.3 Å². The highest BCUT2D eigenvalue weighted by Gasteiger charge is 2.52. The molecule has 1 fully saturated rings. The highest BCUT2D eigenvalue weighted by molar-refractivity contribution is 7.90. The second-order valence-electron chi connectivity index (χ2n) is 8.98. The van der Waals surface area contributed by atoms with Crippen LogP contribution < -0.4 is 4.90 Å². The first-order chi connectivity index (χ1) is 16.5. The Kier molecular flexibility index (Phi) is 6.38. The van der Waals surface area contributed by atoms with Crippen molar-refractivity contribution in [3.05, 3.63) is 83.0 Å². The van der Waals surface area contributed by atoms with Crippen molar-refractivity contribution in [1.29, 1.82) is 0 Å². The normalized spacial score (nSPS) is 18.4. The molecule has 8 nitrogen and oxygen atoms in total. The minimum Gasteiger partial charge on any atom is -0.293 e. The lowest BCUT2D eigenvalue weighted by molar-refractivity contribution is -0.135. The van der Waals surface area contributed by atoms with Crippen molar-refractivity contribution < 1.29 is 22.8 Å². The third kappa shape index (κ3) is 4.64. The number of aromatic nitrogens is 2. The van der Waals surface area contributed by atoms with Gasteiger partial charge in [-0.1, -0.05) is 50.2 Å². The highest BCUT2D eigenvalue weighted by atomic mass is 32.2. The maximum atomic E-state index is 13.6.